The summed E-state index contributed by atoms with van der Waals surface area (Å²) in [7, 11) is 0. The van der Waals surface area contributed by atoms with Crippen LogP contribution in [0, 0.1) is 11.6 Å². The summed E-state index contributed by atoms with van der Waals surface area (Å²) in [4.78, 5) is 0. The minimum absolute atomic E-state index is 0.0172. The van der Waals surface area contributed by atoms with Crippen LogP contribution in [0.15, 0.2) is 15.0 Å². The lowest BCUT2D eigenvalue weighted by molar-refractivity contribution is 0.561. The molecule has 1 rings (SSSR count). The van der Waals surface area contributed by atoms with Crippen molar-refractivity contribution in [2.45, 2.75) is 5.88 Å². The molecule has 0 unspecified atom stereocenters. The molecule has 0 heterocycles. The molecule has 5 heteroatoms. The third-order valence-electron chi connectivity index (χ3n) is 1.32. The average molecular weight is 320 g/mol. The largest absolute Gasteiger partial charge is 0.205 e. The fraction of sp³-hybridized carbons (Fsp3) is 0.143. The lowest BCUT2D eigenvalue weighted by atomic mass is 10.2. The second-order valence-corrected chi connectivity index (χ2v) is 4.01. The van der Waals surface area contributed by atoms with Crippen LogP contribution >= 0.6 is 43.5 Å². The third kappa shape index (κ3) is 1.80. The second-order valence-electron chi connectivity index (χ2n) is 2.09. The van der Waals surface area contributed by atoms with E-state index in [1.807, 2.05) is 0 Å². The van der Waals surface area contributed by atoms with Crippen molar-refractivity contribution in [3.63, 3.8) is 0 Å². The number of hydrogen-bond donors (Lipinski definition) is 0. The van der Waals surface area contributed by atoms with Crippen molar-refractivity contribution in [3.05, 3.63) is 32.2 Å². The van der Waals surface area contributed by atoms with Crippen LogP contribution in [0.3, 0.4) is 0 Å². The van der Waals surface area contributed by atoms with E-state index in [0.29, 0.717) is 0 Å². The molecule has 0 amide bonds. The highest BCUT2D eigenvalue weighted by molar-refractivity contribution is 9.11. The second kappa shape index (κ2) is 4.03. The molecule has 0 aliphatic heterocycles. The summed E-state index contributed by atoms with van der Waals surface area (Å²) in [5.41, 5.74) is 0.261. The van der Waals surface area contributed by atoms with Crippen molar-refractivity contribution in [2.75, 3.05) is 0 Å². The van der Waals surface area contributed by atoms with E-state index in [1.54, 1.807) is 0 Å². The fourth-order valence-electron chi connectivity index (χ4n) is 0.719. The van der Waals surface area contributed by atoms with Crippen LogP contribution in [-0.2, 0) is 5.88 Å². The maximum atomic E-state index is 13.1. The topological polar surface area (TPSA) is 0 Å². The zero-order valence-corrected chi connectivity index (χ0v) is 9.60. The molecule has 0 spiro atoms. The van der Waals surface area contributed by atoms with Gasteiger partial charge in [-0.2, -0.15) is 0 Å². The van der Waals surface area contributed by atoms with Crippen molar-refractivity contribution in [3.8, 4) is 0 Å². The van der Waals surface area contributed by atoms with Gasteiger partial charge in [0.15, 0.2) is 5.82 Å². The molecule has 66 valence electrons. The van der Waals surface area contributed by atoms with Crippen LogP contribution in [0.5, 0.6) is 0 Å². The molecule has 1 aromatic rings. The molecule has 1 aromatic carbocycles. The maximum absolute atomic E-state index is 13.1. The van der Waals surface area contributed by atoms with Crippen molar-refractivity contribution in [1.29, 1.82) is 0 Å². The van der Waals surface area contributed by atoms with E-state index in [9.17, 15) is 8.78 Å². The van der Waals surface area contributed by atoms with E-state index >= 15 is 0 Å². The molecule has 0 saturated carbocycles. The normalized spacial score (nSPS) is 10.4. The van der Waals surface area contributed by atoms with Crippen LogP contribution in [0.25, 0.3) is 0 Å². The quantitative estimate of drug-likeness (QED) is 0.413. The molecule has 0 N–H and O–H groups in total. The minimum Gasteiger partial charge on any atom is -0.205 e. The van der Waals surface area contributed by atoms with Crippen LogP contribution in [-0.4, -0.2) is 0 Å². The summed E-state index contributed by atoms with van der Waals surface area (Å²) in [5, 5.41) is 0. The van der Waals surface area contributed by atoms with E-state index in [-0.39, 0.29) is 20.4 Å². The van der Waals surface area contributed by atoms with E-state index in [2.05, 4.69) is 31.9 Å². The fourth-order valence-corrected chi connectivity index (χ4v) is 2.12. The lowest BCUT2D eigenvalue weighted by Gasteiger charge is -2.03. The van der Waals surface area contributed by atoms with Crippen molar-refractivity contribution in [1.82, 2.24) is 0 Å². The van der Waals surface area contributed by atoms with Gasteiger partial charge >= 0.3 is 0 Å². The monoisotopic (exact) mass is 318 g/mol. The highest BCUT2D eigenvalue weighted by Crippen LogP contribution is 2.29. The summed E-state index contributed by atoms with van der Waals surface area (Å²) in [5.74, 6) is -1.28. The van der Waals surface area contributed by atoms with Crippen molar-refractivity contribution < 1.29 is 8.78 Å². The minimum atomic E-state index is -0.652. The molecule has 0 atom stereocenters. The molecular weight excluding hydrogens is 317 g/mol. The van der Waals surface area contributed by atoms with Gasteiger partial charge in [-0.3, -0.25) is 0 Å². The van der Waals surface area contributed by atoms with Crippen LogP contribution in [0.2, 0.25) is 0 Å². The Balaban J connectivity index is 3.39. The highest BCUT2D eigenvalue weighted by Gasteiger charge is 2.14. The summed E-state index contributed by atoms with van der Waals surface area (Å²) >= 11 is 11.1. The van der Waals surface area contributed by atoms with Gasteiger partial charge in [-0.05, 0) is 37.9 Å². The first-order chi connectivity index (χ1) is 5.57. The van der Waals surface area contributed by atoms with Gasteiger partial charge in [0.2, 0.25) is 0 Å². The molecule has 0 nitrogen and oxygen atoms in total. The molecule has 0 radical (unpaired) electrons. The number of rotatable bonds is 1. The SMILES string of the molecule is Fc1c(Br)cc(CCl)c(F)c1Br. The van der Waals surface area contributed by atoms with Crippen LogP contribution in [0.1, 0.15) is 5.56 Å². The summed E-state index contributed by atoms with van der Waals surface area (Å²) in [6.45, 7) is 0. The Bertz CT molecular complexity index is 315. The molecular formula is C7H3Br2ClF2. The van der Waals surface area contributed by atoms with E-state index in [0.717, 1.165) is 0 Å². The standard InChI is InChI=1S/C7H3Br2ClF2/c8-4-1-3(2-10)6(11)5(9)7(4)12/h1H,2H2. The molecule has 0 bridgehead atoms. The van der Waals surface area contributed by atoms with E-state index < -0.39 is 11.6 Å². The Hall–Kier alpha value is 0.330. The predicted octanol–water partition coefficient (Wildman–Crippen LogP) is 4.23. The molecule has 0 aliphatic rings. The molecule has 0 aromatic heterocycles. The number of benzene rings is 1. The van der Waals surface area contributed by atoms with Gasteiger partial charge in [0.1, 0.15) is 5.82 Å². The van der Waals surface area contributed by atoms with Gasteiger partial charge in [-0.25, -0.2) is 8.78 Å². The number of alkyl halides is 1. The lowest BCUT2D eigenvalue weighted by Crippen LogP contribution is -1.92. The smallest absolute Gasteiger partial charge is 0.154 e. The Morgan fingerprint density at radius 1 is 1.25 bits per heavy atom. The Labute approximate surface area is 90.2 Å². The zero-order chi connectivity index (χ0) is 9.30. The maximum Gasteiger partial charge on any atom is 0.154 e. The number of hydrogen-bond acceptors (Lipinski definition) is 0. The van der Waals surface area contributed by atoms with Gasteiger partial charge in [0.25, 0.3) is 0 Å². The highest BCUT2D eigenvalue weighted by atomic mass is 79.9. The van der Waals surface area contributed by atoms with Crippen LogP contribution in [0.4, 0.5) is 8.78 Å². The van der Waals surface area contributed by atoms with Gasteiger partial charge in [0, 0.05) is 5.56 Å². The summed E-state index contributed by atoms with van der Waals surface area (Å²) in [6, 6.07) is 1.32. The Morgan fingerprint density at radius 2 is 1.83 bits per heavy atom. The van der Waals surface area contributed by atoms with Gasteiger partial charge in [-0.15, -0.1) is 11.6 Å². The van der Waals surface area contributed by atoms with E-state index in [4.69, 9.17) is 11.6 Å². The van der Waals surface area contributed by atoms with Crippen molar-refractivity contribution in [2.24, 2.45) is 0 Å². The third-order valence-corrected chi connectivity index (χ3v) is 2.88. The molecule has 12 heavy (non-hydrogen) atoms. The zero-order valence-electron chi connectivity index (χ0n) is 5.67. The first-order valence-electron chi connectivity index (χ1n) is 2.95. The first kappa shape index (κ1) is 10.4. The summed E-state index contributed by atoms with van der Waals surface area (Å²) < 4.78 is 26.0. The van der Waals surface area contributed by atoms with Gasteiger partial charge in [0.05, 0.1) is 14.8 Å². The first-order valence-corrected chi connectivity index (χ1v) is 5.07. The van der Waals surface area contributed by atoms with E-state index in [1.165, 1.54) is 6.07 Å². The number of halogens is 5. The summed E-state index contributed by atoms with van der Waals surface area (Å²) in [6.07, 6.45) is 0. The predicted molar refractivity (Wildman–Crippen MR) is 51.3 cm³/mol. The van der Waals surface area contributed by atoms with Gasteiger partial charge in [-0.1, -0.05) is 0 Å². The van der Waals surface area contributed by atoms with Crippen molar-refractivity contribution >= 4 is 43.5 Å². The molecule has 0 fully saturated rings. The Morgan fingerprint density at radius 3 is 2.33 bits per heavy atom. The molecule has 0 saturated heterocycles. The average Bonchev–Trinajstić information content (AvgIpc) is 2.08. The molecule has 0 aliphatic carbocycles. The van der Waals surface area contributed by atoms with Crippen LogP contribution < -0.4 is 0 Å². The van der Waals surface area contributed by atoms with Gasteiger partial charge < -0.3 is 0 Å². The Kier molecular flexibility index (Phi) is 3.49.